The van der Waals surface area contributed by atoms with Gasteiger partial charge < -0.3 is 15.3 Å². The molecule has 1 aliphatic heterocycles. The Bertz CT molecular complexity index is 681. The molecule has 2 aliphatic rings. The quantitative estimate of drug-likeness (QED) is 0.769. The van der Waals surface area contributed by atoms with Gasteiger partial charge in [0, 0.05) is 38.0 Å². The first-order chi connectivity index (χ1) is 12.3. The number of hydrogen-bond donors (Lipinski definition) is 2. The van der Waals surface area contributed by atoms with E-state index in [1.54, 1.807) is 0 Å². The summed E-state index contributed by atoms with van der Waals surface area (Å²) in [4.78, 5) is 21.5. The minimum absolute atomic E-state index is 0.0254. The van der Waals surface area contributed by atoms with Crippen LogP contribution in [0.5, 0.6) is 0 Å². The van der Waals surface area contributed by atoms with Crippen molar-refractivity contribution in [3.05, 3.63) is 11.3 Å². The Labute approximate surface area is 152 Å². The van der Waals surface area contributed by atoms with Crippen molar-refractivity contribution in [2.24, 2.45) is 11.8 Å². The first-order valence-electron chi connectivity index (χ1n) is 9.26. The largest absolute Gasteiger partial charge is 0.481 e. The summed E-state index contributed by atoms with van der Waals surface area (Å²) >= 11 is 0. The van der Waals surface area contributed by atoms with E-state index >= 15 is 0 Å². The lowest BCUT2D eigenvalue weighted by atomic mass is 10.1. The zero-order valence-corrected chi connectivity index (χ0v) is 15.3. The maximum Gasteiger partial charge on any atom is 0.303 e. The van der Waals surface area contributed by atoms with Gasteiger partial charge >= 0.3 is 5.97 Å². The Hall–Kier alpha value is -1.99. The zero-order chi connectivity index (χ0) is 18.9. The molecule has 1 aromatic heterocycles. The number of carbonyl (C=O) groups is 1. The van der Waals surface area contributed by atoms with Crippen molar-refractivity contribution in [3.63, 3.8) is 0 Å². The Morgan fingerprint density at radius 3 is 2.88 bits per heavy atom. The second-order valence-corrected chi connectivity index (χ2v) is 7.71. The summed E-state index contributed by atoms with van der Waals surface area (Å²) in [7, 11) is 0. The number of nitrogens with zero attached hydrogens (tertiary/aromatic N) is 3. The van der Waals surface area contributed by atoms with E-state index in [0.29, 0.717) is 36.9 Å². The Balaban J connectivity index is 1.84. The predicted molar refractivity (Wildman–Crippen MR) is 94.8 cm³/mol. The van der Waals surface area contributed by atoms with Crippen molar-refractivity contribution in [2.45, 2.75) is 51.9 Å². The van der Waals surface area contributed by atoms with Gasteiger partial charge in [0.1, 0.15) is 11.5 Å². The van der Waals surface area contributed by atoms with Gasteiger partial charge in [-0.3, -0.25) is 4.79 Å². The highest BCUT2D eigenvalue weighted by Gasteiger charge is 2.44. The maximum atomic E-state index is 14.3. The van der Waals surface area contributed by atoms with E-state index in [0.717, 1.165) is 12.8 Å². The highest BCUT2D eigenvalue weighted by molar-refractivity contribution is 5.67. The molecule has 0 amide bonds. The molecule has 144 valence electrons. The van der Waals surface area contributed by atoms with Crippen molar-refractivity contribution in [2.75, 3.05) is 29.9 Å². The number of anilines is 2. The average Bonchev–Trinajstić information content (AvgIpc) is 3.11. The van der Waals surface area contributed by atoms with Crippen LogP contribution in [0.25, 0.3) is 0 Å². The van der Waals surface area contributed by atoms with E-state index in [1.807, 2.05) is 4.90 Å². The summed E-state index contributed by atoms with van der Waals surface area (Å²) < 4.78 is 28.5. The molecule has 8 heteroatoms. The summed E-state index contributed by atoms with van der Waals surface area (Å²) in [6.07, 6.45) is 1.74. The average molecular weight is 368 g/mol. The number of nitrogens with one attached hydrogen (secondary N) is 1. The van der Waals surface area contributed by atoms with Gasteiger partial charge in [0.15, 0.2) is 0 Å². The number of alkyl halides is 2. The highest BCUT2D eigenvalue weighted by Crippen LogP contribution is 2.44. The zero-order valence-electron chi connectivity index (χ0n) is 15.3. The third kappa shape index (κ3) is 4.04. The molecule has 26 heavy (non-hydrogen) atoms. The Morgan fingerprint density at radius 1 is 1.42 bits per heavy atom. The van der Waals surface area contributed by atoms with Crippen molar-refractivity contribution < 1.29 is 18.7 Å². The van der Waals surface area contributed by atoms with E-state index in [1.165, 1.54) is 0 Å². The molecule has 0 unspecified atom stereocenters. The normalized spacial score (nSPS) is 21.3. The molecule has 0 aromatic carbocycles. The third-order valence-corrected chi connectivity index (χ3v) is 5.07. The molecule has 1 aromatic rings. The number of hydrogen-bond acceptors (Lipinski definition) is 5. The second kappa shape index (κ2) is 7.32. The van der Waals surface area contributed by atoms with Crippen molar-refractivity contribution in [3.8, 4) is 0 Å². The monoisotopic (exact) mass is 368 g/mol. The van der Waals surface area contributed by atoms with Gasteiger partial charge in [-0.05, 0) is 31.1 Å². The molecule has 0 spiro atoms. The summed E-state index contributed by atoms with van der Waals surface area (Å²) in [5.41, 5.74) is 0.344. The van der Waals surface area contributed by atoms with Crippen LogP contribution in [0, 0.1) is 11.8 Å². The van der Waals surface area contributed by atoms with Crippen LogP contribution < -0.4 is 10.2 Å². The number of fused-ring (bicyclic) bond motifs is 1. The third-order valence-electron chi connectivity index (χ3n) is 5.07. The lowest BCUT2D eigenvalue weighted by Gasteiger charge is -2.22. The molecule has 3 rings (SSSR count). The topological polar surface area (TPSA) is 78.4 Å². The number of rotatable bonds is 7. The number of halogens is 2. The molecule has 6 nitrogen and oxygen atoms in total. The maximum absolute atomic E-state index is 14.3. The number of carboxylic acid groups (broad SMARTS) is 1. The summed E-state index contributed by atoms with van der Waals surface area (Å²) in [6.45, 7) is 5.99. The van der Waals surface area contributed by atoms with Crippen LogP contribution in [0.1, 0.15) is 50.8 Å². The van der Waals surface area contributed by atoms with E-state index < -0.39 is 11.9 Å². The van der Waals surface area contributed by atoms with E-state index in [4.69, 9.17) is 5.11 Å². The molecule has 2 heterocycles. The first-order valence-corrected chi connectivity index (χ1v) is 9.26. The van der Waals surface area contributed by atoms with Gasteiger partial charge in [-0.25, -0.2) is 4.98 Å². The fourth-order valence-electron chi connectivity index (χ4n) is 3.66. The SMILES string of the molecule is CC(C)CCNc1nc(N2CC[C@H](CC(=O)O)C2)c2c(n1)C(F)(F)CC2. The minimum atomic E-state index is -2.93. The van der Waals surface area contributed by atoms with Gasteiger partial charge in [-0.2, -0.15) is 13.8 Å². The fraction of sp³-hybridized carbons (Fsp3) is 0.722. The second-order valence-electron chi connectivity index (χ2n) is 7.71. The molecule has 2 N–H and O–H groups in total. The van der Waals surface area contributed by atoms with Gasteiger partial charge in [-0.1, -0.05) is 13.8 Å². The molecule has 1 fully saturated rings. The van der Waals surface area contributed by atoms with Crippen LogP contribution in [-0.4, -0.2) is 40.7 Å². The van der Waals surface area contributed by atoms with Gasteiger partial charge in [0.25, 0.3) is 5.92 Å². The molecule has 0 bridgehead atoms. The summed E-state index contributed by atoms with van der Waals surface area (Å²) in [5.74, 6) is -2.45. The van der Waals surface area contributed by atoms with E-state index in [2.05, 4.69) is 29.1 Å². The Morgan fingerprint density at radius 2 is 2.19 bits per heavy atom. The summed E-state index contributed by atoms with van der Waals surface area (Å²) in [6, 6.07) is 0. The van der Waals surface area contributed by atoms with E-state index in [9.17, 15) is 13.6 Å². The van der Waals surface area contributed by atoms with Gasteiger partial charge in [0.05, 0.1) is 0 Å². The lowest BCUT2D eigenvalue weighted by molar-refractivity contribution is -0.137. The molecule has 1 aliphatic carbocycles. The summed E-state index contributed by atoms with van der Waals surface area (Å²) in [5, 5.41) is 12.1. The Kier molecular flexibility index (Phi) is 5.29. The van der Waals surface area contributed by atoms with Crippen LogP contribution in [0.4, 0.5) is 20.5 Å². The van der Waals surface area contributed by atoms with Crippen LogP contribution >= 0.6 is 0 Å². The molecular weight excluding hydrogens is 342 g/mol. The minimum Gasteiger partial charge on any atom is -0.481 e. The number of carboxylic acids is 1. The van der Waals surface area contributed by atoms with Crippen molar-refractivity contribution in [1.29, 1.82) is 0 Å². The molecule has 1 saturated heterocycles. The van der Waals surface area contributed by atoms with Crippen LogP contribution in [0.2, 0.25) is 0 Å². The molecular formula is C18H26F2N4O2. The fourth-order valence-corrected chi connectivity index (χ4v) is 3.66. The lowest BCUT2D eigenvalue weighted by Crippen LogP contribution is -2.25. The van der Waals surface area contributed by atoms with Crippen molar-refractivity contribution >= 4 is 17.7 Å². The van der Waals surface area contributed by atoms with Gasteiger partial charge in [0.2, 0.25) is 5.95 Å². The van der Waals surface area contributed by atoms with Crippen LogP contribution in [0.3, 0.4) is 0 Å². The predicted octanol–water partition coefficient (Wildman–Crippen LogP) is 3.27. The van der Waals surface area contributed by atoms with Gasteiger partial charge in [-0.15, -0.1) is 0 Å². The molecule has 1 atom stereocenters. The standard InChI is InChI=1S/C18H26F2N4O2/c1-11(2)4-7-21-17-22-15-13(3-6-18(15,19)20)16(23-17)24-8-5-12(10-24)9-14(25)26/h11-12H,3-10H2,1-2H3,(H,25,26)(H,21,22,23)/t12-/m1/s1. The van der Waals surface area contributed by atoms with Crippen molar-refractivity contribution in [1.82, 2.24) is 9.97 Å². The highest BCUT2D eigenvalue weighted by atomic mass is 19.3. The number of aliphatic carboxylic acids is 1. The number of aromatic nitrogens is 2. The van der Waals surface area contributed by atoms with E-state index in [-0.39, 0.29) is 36.8 Å². The molecule has 0 radical (unpaired) electrons. The first kappa shape index (κ1) is 18.8. The smallest absolute Gasteiger partial charge is 0.303 e. The van der Waals surface area contributed by atoms with Crippen LogP contribution in [-0.2, 0) is 17.1 Å². The molecule has 0 saturated carbocycles. The van der Waals surface area contributed by atoms with Crippen LogP contribution in [0.15, 0.2) is 0 Å².